The van der Waals surface area contributed by atoms with Crippen LogP contribution < -0.4 is 5.32 Å². The van der Waals surface area contributed by atoms with E-state index < -0.39 is 0 Å². The van der Waals surface area contributed by atoms with Gasteiger partial charge in [-0.3, -0.25) is 4.79 Å². The molecule has 1 heterocycles. The van der Waals surface area contributed by atoms with Gasteiger partial charge in [-0.25, -0.2) is 0 Å². The molecule has 0 radical (unpaired) electrons. The maximum absolute atomic E-state index is 12.7. The van der Waals surface area contributed by atoms with Crippen molar-refractivity contribution in [2.75, 3.05) is 13.1 Å². The molecule has 2 nitrogen and oxygen atoms in total. The van der Waals surface area contributed by atoms with Crippen LogP contribution in [-0.2, 0) is 12.8 Å². The highest BCUT2D eigenvalue weighted by atomic mass is 16.1. The number of hydrogen-bond acceptors (Lipinski definition) is 2. The SMILES string of the molecule is O=C(c1ccc2c(c1)CCC2)C1CC12CCNCC2. The van der Waals surface area contributed by atoms with Gasteiger partial charge in [0, 0.05) is 11.5 Å². The summed E-state index contributed by atoms with van der Waals surface area (Å²) in [4.78, 5) is 12.7. The largest absolute Gasteiger partial charge is 0.317 e. The molecule has 2 fully saturated rings. The van der Waals surface area contributed by atoms with Gasteiger partial charge in [-0.2, -0.15) is 0 Å². The van der Waals surface area contributed by atoms with Gasteiger partial charge in [-0.05, 0) is 74.2 Å². The van der Waals surface area contributed by atoms with Gasteiger partial charge in [0.25, 0.3) is 0 Å². The lowest BCUT2D eigenvalue weighted by molar-refractivity contribution is 0.0940. The number of benzene rings is 1. The zero-order chi connectivity index (χ0) is 12.9. The maximum atomic E-state index is 12.7. The number of aryl methyl sites for hydroxylation is 2. The Morgan fingerprint density at radius 2 is 1.95 bits per heavy atom. The van der Waals surface area contributed by atoms with Crippen LogP contribution in [0, 0.1) is 11.3 Å². The Bertz CT molecular complexity index is 528. The molecule has 1 aliphatic heterocycles. The summed E-state index contributed by atoms with van der Waals surface area (Å²) in [6, 6.07) is 6.43. The number of hydrogen-bond donors (Lipinski definition) is 1. The van der Waals surface area contributed by atoms with Gasteiger partial charge in [-0.1, -0.05) is 12.1 Å². The molecule has 1 saturated carbocycles. The van der Waals surface area contributed by atoms with Crippen molar-refractivity contribution in [3.63, 3.8) is 0 Å². The van der Waals surface area contributed by atoms with Crippen LogP contribution in [-0.4, -0.2) is 18.9 Å². The summed E-state index contributed by atoms with van der Waals surface area (Å²) in [5, 5.41) is 3.40. The Morgan fingerprint density at radius 1 is 1.16 bits per heavy atom. The van der Waals surface area contributed by atoms with Crippen LogP contribution in [0.5, 0.6) is 0 Å². The first kappa shape index (κ1) is 11.7. The van der Waals surface area contributed by atoms with Gasteiger partial charge >= 0.3 is 0 Å². The van der Waals surface area contributed by atoms with Gasteiger partial charge in [-0.15, -0.1) is 0 Å². The number of ketones is 1. The molecule has 3 aliphatic rings. The number of carbonyl (C=O) groups is 1. The van der Waals surface area contributed by atoms with Crippen LogP contribution in [0.1, 0.15) is 47.2 Å². The summed E-state index contributed by atoms with van der Waals surface area (Å²) in [6.07, 6.45) is 7.12. The average Bonchev–Trinajstić information content (AvgIpc) is 2.93. The van der Waals surface area contributed by atoms with Gasteiger partial charge in [0.1, 0.15) is 0 Å². The molecule has 1 atom stereocenters. The second-order valence-electron chi connectivity index (χ2n) is 6.57. The summed E-state index contributed by atoms with van der Waals surface area (Å²) in [7, 11) is 0. The average molecular weight is 255 g/mol. The van der Waals surface area contributed by atoms with Gasteiger partial charge < -0.3 is 5.32 Å². The molecule has 1 unspecified atom stereocenters. The molecule has 4 rings (SSSR count). The molecule has 1 aromatic carbocycles. The third-order valence-electron chi connectivity index (χ3n) is 5.49. The lowest BCUT2D eigenvalue weighted by atomic mass is 9.89. The molecule has 0 amide bonds. The third kappa shape index (κ3) is 1.85. The highest BCUT2D eigenvalue weighted by Crippen LogP contribution is 2.59. The Hall–Kier alpha value is -1.15. The highest BCUT2D eigenvalue weighted by Gasteiger charge is 2.57. The molecule has 1 spiro atoms. The summed E-state index contributed by atoms with van der Waals surface area (Å²) in [6.45, 7) is 2.18. The van der Waals surface area contributed by atoms with Crippen LogP contribution in [0.25, 0.3) is 0 Å². The van der Waals surface area contributed by atoms with Gasteiger partial charge in [0.2, 0.25) is 0 Å². The second kappa shape index (κ2) is 4.17. The first-order chi connectivity index (χ1) is 9.28. The first-order valence-corrected chi connectivity index (χ1v) is 7.65. The van der Waals surface area contributed by atoms with Crippen LogP contribution in [0.4, 0.5) is 0 Å². The van der Waals surface area contributed by atoms with Gasteiger partial charge in [0.05, 0.1) is 0 Å². The van der Waals surface area contributed by atoms with Crippen molar-refractivity contribution >= 4 is 5.78 Å². The topological polar surface area (TPSA) is 29.1 Å². The molecule has 2 heteroatoms. The minimum Gasteiger partial charge on any atom is -0.317 e. The number of rotatable bonds is 2. The van der Waals surface area contributed by atoms with E-state index in [1.807, 2.05) is 0 Å². The van der Waals surface area contributed by atoms with E-state index >= 15 is 0 Å². The molecule has 1 aromatic rings. The Morgan fingerprint density at radius 3 is 2.79 bits per heavy atom. The van der Waals surface area contributed by atoms with Crippen molar-refractivity contribution in [3.05, 3.63) is 34.9 Å². The lowest BCUT2D eigenvalue weighted by Crippen LogP contribution is -2.30. The Labute approximate surface area is 114 Å². The van der Waals surface area contributed by atoms with Crippen molar-refractivity contribution in [1.82, 2.24) is 5.32 Å². The van der Waals surface area contributed by atoms with Crippen molar-refractivity contribution < 1.29 is 4.79 Å². The second-order valence-corrected chi connectivity index (χ2v) is 6.57. The van der Waals surface area contributed by atoms with E-state index in [4.69, 9.17) is 0 Å². The highest BCUT2D eigenvalue weighted by molar-refractivity contribution is 6.00. The van der Waals surface area contributed by atoms with E-state index in [9.17, 15) is 4.79 Å². The maximum Gasteiger partial charge on any atom is 0.166 e. The summed E-state index contributed by atoms with van der Waals surface area (Å²) >= 11 is 0. The van der Waals surface area contributed by atoms with Crippen LogP contribution in [0.15, 0.2) is 18.2 Å². The number of nitrogens with one attached hydrogen (secondary N) is 1. The van der Waals surface area contributed by atoms with Gasteiger partial charge in [0.15, 0.2) is 5.78 Å². The van der Waals surface area contributed by atoms with Crippen molar-refractivity contribution in [2.45, 2.75) is 38.5 Å². The number of Topliss-reactive ketones (excluding diaryl/α,β-unsaturated/α-hetero) is 1. The van der Waals surface area contributed by atoms with E-state index in [0.717, 1.165) is 31.5 Å². The minimum atomic E-state index is 0.314. The quantitative estimate of drug-likeness (QED) is 0.823. The van der Waals surface area contributed by atoms with Crippen molar-refractivity contribution in [1.29, 1.82) is 0 Å². The standard InChI is InChI=1S/C17H21NO/c19-16(15-11-17(15)6-8-18-9-7-17)14-5-4-12-2-1-3-13(12)10-14/h4-5,10,15,18H,1-3,6-9,11H2. The molecule has 0 aromatic heterocycles. The Kier molecular flexibility index (Phi) is 2.56. The fraction of sp³-hybridized carbons (Fsp3) is 0.588. The van der Waals surface area contributed by atoms with E-state index in [-0.39, 0.29) is 0 Å². The molecule has 100 valence electrons. The monoisotopic (exact) mass is 255 g/mol. The van der Waals surface area contributed by atoms with E-state index in [0.29, 0.717) is 17.1 Å². The summed E-state index contributed by atoms with van der Waals surface area (Å²) in [5.41, 5.74) is 4.22. The fourth-order valence-electron chi connectivity index (χ4n) is 4.12. The van der Waals surface area contributed by atoms with E-state index in [1.54, 1.807) is 0 Å². The van der Waals surface area contributed by atoms with Crippen molar-refractivity contribution in [2.24, 2.45) is 11.3 Å². The molecule has 19 heavy (non-hydrogen) atoms. The van der Waals surface area contributed by atoms with Crippen LogP contribution >= 0.6 is 0 Å². The summed E-state index contributed by atoms with van der Waals surface area (Å²) < 4.78 is 0. The number of fused-ring (bicyclic) bond motifs is 1. The van der Waals surface area contributed by atoms with Crippen molar-refractivity contribution in [3.8, 4) is 0 Å². The molecular formula is C17H21NO. The smallest absolute Gasteiger partial charge is 0.166 e. The third-order valence-corrected chi connectivity index (χ3v) is 5.49. The summed E-state index contributed by atoms with van der Waals surface area (Å²) in [5.74, 6) is 0.727. The van der Waals surface area contributed by atoms with Crippen LogP contribution in [0.3, 0.4) is 0 Å². The first-order valence-electron chi connectivity index (χ1n) is 7.65. The predicted octanol–water partition coefficient (Wildman–Crippen LogP) is 2.75. The lowest BCUT2D eigenvalue weighted by Gasteiger charge is -2.23. The molecule has 2 aliphatic carbocycles. The van der Waals surface area contributed by atoms with E-state index in [1.165, 1.54) is 36.8 Å². The molecule has 1 N–H and O–H groups in total. The predicted molar refractivity (Wildman–Crippen MR) is 75.4 cm³/mol. The Balaban J connectivity index is 1.55. The minimum absolute atomic E-state index is 0.314. The molecule has 0 bridgehead atoms. The number of carbonyl (C=O) groups excluding carboxylic acids is 1. The normalized spacial score (nSPS) is 27.3. The van der Waals surface area contributed by atoms with Crippen LogP contribution in [0.2, 0.25) is 0 Å². The molecular weight excluding hydrogens is 234 g/mol. The molecule has 1 saturated heterocycles. The zero-order valence-electron chi connectivity index (χ0n) is 11.4. The van der Waals surface area contributed by atoms with E-state index in [2.05, 4.69) is 23.5 Å². The fourth-order valence-corrected chi connectivity index (χ4v) is 4.12. The zero-order valence-corrected chi connectivity index (χ0v) is 11.4. The number of piperidine rings is 1.